The van der Waals surface area contributed by atoms with Crippen LogP contribution in [0.5, 0.6) is 0 Å². The Morgan fingerprint density at radius 3 is 2.64 bits per heavy atom. The number of carbonyl (C=O) groups excluding carboxylic acids is 1. The zero-order valence-corrected chi connectivity index (χ0v) is 15.3. The molecule has 3 nitrogen and oxygen atoms in total. The standard InChI is InChI=1S/C20H19ClN2OS/c21-17-9-4-6-15(12-17)13-22-19(24)14-23-20(18-10-5-11-25-18)16-7-2-1-3-8-16/h1-12,20,23H,13-14H2,(H,22,24)/p+1/t20-/m1/s1. The van der Waals surface area contributed by atoms with Crippen molar-refractivity contribution in [2.45, 2.75) is 12.6 Å². The van der Waals surface area contributed by atoms with Crippen LogP contribution in [0, 0.1) is 0 Å². The highest BCUT2D eigenvalue weighted by molar-refractivity contribution is 7.10. The number of carbonyl (C=O) groups is 1. The first-order valence-electron chi connectivity index (χ1n) is 8.15. The molecular weight excluding hydrogens is 352 g/mol. The van der Waals surface area contributed by atoms with Gasteiger partial charge in [0.15, 0.2) is 6.54 Å². The van der Waals surface area contributed by atoms with Crippen LogP contribution in [0.4, 0.5) is 0 Å². The summed E-state index contributed by atoms with van der Waals surface area (Å²) in [5.41, 5.74) is 2.20. The molecule has 3 rings (SSSR count). The van der Waals surface area contributed by atoms with E-state index in [1.54, 1.807) is 11.3 Å². The van der Waals surface area contributed by atoms with Crippen LogP contribution in [0.2, 0.25) is 5.02 Å². The molecule has 5 heteroatoms. The van der Waals surface area contributed by atoms with Crippen molar-refractivity contribution < 1.29 is 10.1 Å². The highest BCUT2D eigenvalue weighted by Crippen LogP contribution is 2.22. The van der Waals surface area contributed by atoms with Gasteiger partial charge in [0.25, 0.3) is 5.91 Å². The number of rotatable bonds is 7. The van der Waals surface area contributed by atoms with Gasteiger partial charge in [-0.05, 0) is 29.1 Å². The van der Waals surface area contributed by atoms with E-state index in [1.165, 1.54) is 10.4 Å². The topological polar surface area (TPSA) is 45.7 Å². The summed E-state index contributed by atoms with van der Waals surface area (Å²) in [6.07, 6.45) is 0. The molecule has 1 heterocycles. The highest BCUT2D eigenvalue weighted by atomic mass is 35.5. The van der Waals surface area contributed by atoms with Gasteiger partial charge in [0.1, 0.15) is 6.04 Å². The lowest BCUT2D eigenvalue weighted by Crippen LogP contribution is -2.87. The number of hydrogen-bond donors (Lipinski definition) is 2. The van der Waals surface area contributed by atoms with E-state index in [4.69, 9.17) is 11.6 Å². The van der Waals surface area contributed by atoms with Gasteiger partial charge in [-0.15, -0.1) is 11.3 Å². The first-order valence-corrected chi connectivity index (χ1v) is 9.41. The molecule has 1 amide bonds. The molecule has 0 aliphatic rings. The minimum absolute atomic E-state index is 0.0115. The van der Waals surface area contributed by atoms with E-state index in [2.05, 4.69) is 34.2 Å². The average Bonchev–Trinajstić information content (AvgIpc) is 3.15. The van der Waals surface area contributed by atoms with Crippen LogP contribution in [0.3, 0.4) is 0 Å². The lowest BCUT2D eigenvalue weighted by molar-refractivity contribution is -0.676. The van der Waals surface area contributed by atoms with Gasteiger partial charge in [-0.25, -0.2) is 0 Å². The van der Waals surface area contributed by atoms with Crippen molar-refractivity contribution in [3.63, 3.8) is 0 Å². The SMILES string of the molecule is O=C(C[NH2+][C@H](c1ccccc1)c1cccs1)NCc1cccc(Cl)c1. The third-order valence-corrected chi connectivity index (χ3v) is 5.12. The quantitative estimate of drug-likeness (QED) is 0.657. The fourth-order valence-electron chi connectivity index (χ4n) is 2.69. The summed E-state index contributed by atoms with van der Waals surface area (Å²) in [7, 11) is 0. The van der Waals surface area contributed by atoms with Gasteiger partial charge in [-0.2, -0.15) is 0 Å². The smallest absolute Gasteiger partial charge is 0.275 e. The van der Waals surface area contributed by atoms with Gasteiger partial charge < -0.3 is 10.6 Å². The van der Waals surface area contributed by atoms with Crippen molar-refractivity contribution in [2.75, 3.05) is 6.54 Å². The summed E-state index contributed by atoms with van der Waals surface area (Å²) in [5, 5.41) is 7.78. The monoisotopic (exact) mass is 371 g/mol. The molecule has 1 aromatic heterocycles. The molecule has 2 aromatic carbocycles. The number of halogens is 1. The second-order valence-electron chi connectivity index (χ2n) is 5.75. The van der Waals surface area contributed by atoms with Crippen molar-refractivity contribution in [3.8, 4) is 0 Å². The molecule has 0 unspecified atom stereocenters. The lowest BCUT2D eigenvalue weighted by atomic mass is 10.1. The Morgan fingerprint density at radius 1 is 1.08 bits per heavy atom. The van der Waals surface area contributed by atoms with Crippen molar-refractivity contribution in [1.29, 1.82) is 0 Å². The predicted molar refractivity (Wildman–Crippen MR) is 103 cm³/mol. The van der Waals surface area contributed by atoms with Crippen molar-refractivity contribution in [1.82, 2.24) is 5.32 Å². The summed E-state index contributed by atoms with van der Waals surface area (Å²) in [4.78, 5) is 13.5. The molecule has 0 aliphatic heterocycles. The maximum atomic E-state index is 12.2. The summed E-state index contributed by atoms with van der Waals surface area (Å²) in [6, 6.07) is 22.1. The van der Waals surface area contributed by atoms with Gasteiger partial charge in [0.2, 0.25) is 0 Å². The number of nitrogens with one attached hydrogen (secondary N) is 1. The number of nitrogens with two attached hydrogens (primary N) is 1. The Balaban J connectivity index is 1.58. The molecule has 3 N–H and O–H groups in total. The molecule has 0 spiro atoms. The van der Waals surface area contributed by atoms with E-state index in [1.807, 2.05) is 48.5 Å². The molecule has 25 heavy (non-hydrogen) atoms. The van der Waals surface area contributed by atoms with E-state index >= 15 is 0 Å². The van der Waals surface area contributed by atoms with Crippen LogP contribution in [-0.4, -0.2) is 12.5 Å². The van der Waals surface area contributed by atoms with Gasteiger partial charge in [0, 0.05) is 17.1 Å². The van der Waals surface area contributed by atoms with Crippen molar-refractivity contribution >= 4 is 28.8 Å². The Kier molecular flexibility index (Phi) is 6.23. The lowest BCUT2D eigenvalue weighted by Gasteiger charge is -2.14. The van der Waals surface area contributed by atoms with Crippen LogP contribution in [0.25, 0.3) is 0 Å². The van der Waals surface area contributed by atoms with Crippen LogP contribution in [0.1, 0.15) is 22.0 Å². The van der Waals surface area contributed by atoms with Crippen LogP contribution in [-0.2, 0) is 11.3 Å². The minimum Gasteiger partial charge on any atom is -0.347 e. The van der Waals surface area contributed by atoms with Crippen LogP contribution in [0.15, 0.2) is 72.1 Å². The number of quaternary nitrogens is 1. The van der Waals surface area contributed by atoms with Gasteiger partial charge in [0.05, 0.1) is 4.88 Å². The van der Waals surface area contributed by atoms with Gasteiger partial charge in [-0.3, -0.25) is 4.79 Å². The predicted octanol–water partition coefficient (Wildman–Crippen LogP) is 3.37. The third-order valence-electron chi connectivity index (χ3n) is 3.93. The molecule has 0 saturated heterocycles. The van der Waals surface area contributed by atoms with E-state index in [0.29, 0.717) is 18.1 Å². The molecule has 0 saturated carbocycles. The maximum absolute atomic E-state index is 12.2. The second kappa shape index (κ2) is 8.81. The normalized spacial score (nSPS) is 11.9. The first-order chi connectivity index (χ1) is 12.2. The number of benzene rings is 2. The first kappa shape index (κ1) is 17.7. The Morgan fingerprint density at radius 2 is 1.92 bits per heavy atom. The van der Waals surface area contributed by atoms with E-state index in [0.717, 1.165) is 5.56 Å². The zero-order valence-electron chi connectivity index (χ0n) is 13.7. The van der Waals surface area contributed by atoms with Crippen LogP contribution < -0.4 is 10.6 Å². The van der Waals surface area contributed by atoms with E-state index < -0.39 is 0 Å². The Hall–Kier alpha value is -2.14. The van der Waals surface area contributed by atoms with Crippen LogP contribution >= 0.6 is 22.9 Å². The fraction of sp³-hybridized carbons (Fsp3) is 0.150. The minimum atomic E-state index is 0.0115. The maximum Gasteiger partial charge on any atom is 0.275 e. The van der Waals surface area contributed by atoms with Crippen molar-refractivity contribution in [2.24, 2.45) is 0 Å². The molecular formula is C20H20ClN2OS+. The number of thiophene rings is 1. The summed E-state index contributed by atoms with van der Waals surface area (Å²) < 4.78 is 0. The Bertz CT molecular complexity index is 806. The molecule has 0 radical (unpaired) electrons. The summed E-state index contributed by atoms with van der Waals surface area (Å²) in [5.74, 6) is 0.0115. The Labute approximate surface area is 156 Å². The molecule has 0 aliphatic carbocycles. The number of hydrogen-bond acceptors (Lipinski definition) is 2. The van der Waals surface area contributed by atoms with E-state index in [9.17, 15) is 4.79 Å². The number of amides is 1. The van der Waals surface area contributed by atoms with Crippen molar-refractivity contribution in [3.05, 3.63) is 93.1 Å². The molecule has 0 fully saturated rings. The molecule has 3 aromatic rings. The second-order valence-corrected chi connectivity index (χ2v) is 7.17. The van der Waals surface area contributed by atoms with Gasteiger partial charge in [-0.1, -0.05) is 60.1 Å². The third kappa shape index (κ3) is 5.16. The largest absolute Gasteiger partial charge is 0.347 e. The summed E-state index contributed by atoms with van der Waals surface area (Å²) >= 11 is 7.68. The highest BCUT2D eigenvalue weighted by Gasteiger charge is 2.19. The zero-order chi connectivity index (χ0) is 17.5. The summed E-state index contributed by atoms with van der Waals surface area (Å²) in [6.45, 7) is 0.861. The van der Waals surface area contributed by atoms with Gasteiger partial charge >= 0.3 is 0 Å². The van der Waals surface area contributed by atoms with E-state index in [-0.39, 0.29) is 11.9 Å². The molecule has 1 atom stereocenters. The fourth-order valence-corrected chi connectivity index (χ4v) is 3.75. The average molecular weight is 372 g/mol. The molecule has 128 valence electrons. The molecule has 0 bridgehead atoms.